The van der Waals surface area contributed by atoms with Crippen molar-refractivity contribution >= 4 is 17.8 Å². The fourth-order valence-electron chi connectivity index (χ4n) is 5.32. The summed E-state index contributed by atoms with van der Waals surface area (Å²) in [4.78, 5) is 55.9. The number of amides is 1. The van der Waals surface area contributed by atoms with Gasteiger partial charge in [0.05, 0.1) is 25.9 Å². The largest absolute Gasteiger partial charge is 0.465 e. The summed E-state index contributed by atoms with van der Waals surface area (Å²) in [6, 6.07) is 7.48. The first-order valence-electron chi connectivity index (χ1n) is 13.3. The number of likely N-dealkylation sites (tertiary alicyclic amines) is 1. The van der Waals surface area contributed by atoms with Gasteiger partial charge in [0.2, 0.25) is 5.91 Å². The fourth-order valence-corrected chi connectivity index (χ4v) is 5.32. The molecule has 3 fully saturated rings. The summed E-state index contributed by atoms with van der Waals surface area (Å²) >= 11 is 0. The molecule has 1 amide bonds. The highest BCUT2D eigenvalue weighted by atomic mass is 17.0. The number of ether oxygens (including phenoxy) is 4. The van der Waals surface area contributed by atoms with E-state index in [1.54, 1.807) is 13.8 Å². The molecule has 13 nitrogen and oxygen atoms in total. The van der Waals surface area contributed by atoms with Crippen LogP contribution >= 0.6 is 0 Å². The molecule has 214 valence electrons. The van der Waals surface area contributed by atoms with Gasteiger partial charge in [-0.2, -0.15) is 0 Å². The lowest BCUT2D eigenvalue weighted by molar-refractivity contribution is -0.769. The number of nitrogens with one attached hydrogen (secondary N) is 1. The molecule has 0 radical (unpaired) electrons. The van der Waals surface area contributed by atoms with E-state index in [1.165, 1.54) is 4.90 Å². The third kappa shape index (κ3) is 7.02. The van der Waals surface area contributed by atoms with E-state index in [2.05, 4.69) is 10.2 Å². The number of carbonyl (C=O) groups is 3. The zero-order chi connectivity index (χ0) is 27.9. The topological polar surface area (TPSA) is 156 Å². The Morgan fingerprint density at radius 3 is 2.54 bits per heavy atom. The molecule has 13 heteroatoms. The number of hydrogen-bond donors (Lipinski definition) is 1. The van der Waals surface area contributed by atoms with Crippen molar-refractivity contribution in [2.75, 3.05) is 26.4 Å². The predicted molar refractivity (Wildman–Crippen MR) is 134 cm³/mol. The molecule has 1 N–H and O–H groups in total. The SMILES string of the molecule is CCOC(=O)[C@H](CCc1ccccc1)N[C@@H](C)C(=O)N1CCCC1C(=O)OC1COC2C1OC[C@H]2O[N+](=O)[O-]. The van der Waals surface area contributed by atoms with E-state index in [0.29, 0.717) is 32.2 Å². The summed E-state index contributed by atoms with van der Waals surface area (Å²) in [6.07, 6.45) is -0.927. The highest BCUT2D eigenvalue weighted by Crippen LogP contribution is 2.31. The summed E-state index contributed by atoms with van der Waals surface area (Å²) in [5.41, 5.74) is 1.07. The normalized spacial score (nSPS) is 27.4. The van der Waals surface area contributed by atoms with Gasteiger partial charge in [-0.05, 0) is 45.1 Å². The molecule has 3 aliphatic heterocycles. The van der Waals surface area contributed by atoms with Crippen LogP contribution in [0.1, 0.15) is 38.7 Å². The number of nitrogens with zero attached hydrogens (tertiary/aromatic N) is 2. The summed E-state index contributed by atoms with van der Waals surface area (Å²) in [5.74, 6) is -1.34. The second-order valence-corrected chi connectivity index (χ2v) is 9.85. The molecule has 39 heavy (non-hydrogen) atoms. The molecule has 0 aliphatic carbocycles. The van der Waals surface area contributed by atoms with Crippen LogP contribution in [0.4, 0.5) is 0 Å². The molecule has 7 atom stereocenters. The first kappa shape index (κ1) is 28.7. The number of carbonyl (C=O) groups excluding carboxylic acids is 3. The molecule has 3 aliphatic rings. The molecular formula is C26H35N3O10. The van der Waals surface area contributed by atoms with Crippen LogP contribution < -0.4 is 5.32 Å². The Hall–Kier alpha value is -3.29. The standard InChI is InChI=1S/C26H35N3O10/c1-3-35-25(31)18(12-11-17-8-5-4-6-9-17)27-16(2)24(30)28-13-7-10-19(28)26(32)38-20-14-36-23-21(39-29(33)34)15-37-22(20)23/h4-6,8-9,16,18-23,27H,3,7,10-15H2,1-2H3/t16-,18-,19?,20?,21+,22?,23?/m0/s1. The highest BCUT2D eigenvalue weighted by molar-refractivity contribution is 5.88. The van der Waals surface area contributed by atoms with Gasteiger partial charge in [-0.1, -0.05) is 30.3 Å². The van der Waals surface area contributed by atoms with Crippen LogP contribution in [-0.4, -0.2) is 96.7 Å². The summed E-state index contributed by atoms with van der Waals surface area (Å²) in [6.45, 7) is 3.95. The molecular weight excluding hydrogens is 514 g/mol. The van der Waals surface area contributed by atoms with Crippen LogP contribution in [0.3, 0.4) is 0 Å². The van der Waals surface area contributed by atoms with Crippen molar-refractivity contribution in [3.05, 3.63) is 46.0 Å². The monoisotopic (exact) mass is 549 g/mol. The van der Waals surface area contributed by atoms with Crippen LogP contribution in [0.25, 0.3) is 0 Å². The van der Waals surface area contributed by atoms with Crippen molar-refractivity contribution in [3.63, 3.8) is 0 Å². The zero-order valence-corrected chi connectivity index (χ0v) is 22.1. The summed E-state index contributed by atoms with van der Waals surface area (Å²) in [7, 11) is 0. The maximum Gasteiger partial charge on any atom is 0.329 e. The lowest BCUT2D eigenvalue weighted by atomic mass is 10.0. The first-order valence-corrected chi connectivity index (χ1v) is 13.3. The summed E-state index contributed by atoms with van der Waals surface area (Å²) in [5, 5.41) is 12.9. The van der Waals surface area contributed by atoms with Crippen LogP contribution in [0, 0.1) is 10.1 Å². The molecule has 4 rings (SSSR count). The van der Waals surface area contributed by atoms with Crippen molar-refractivity contribution in [2.45, 2.75) is 82.1 Å². The van der Waals surface area contributed by atoms with Crippen molar-refractivity contribution in [1.29, 1.82) is 0 Å². The van der Waals surface area contributed by atoms with E-state index < -0.39 is 59.6 Å². The van der Waals surface area contributed by atoms with Gasteiger partial charge in [0, 0.05) is 6.54 Å². The van der Waals surface area contributed by atoms with Gasteiger partial charge in [-0.25, -0.2) is 4.79 Å². The second kappa shape index (κ2) is 13.2. The van der Waals surface area contributed by atoms with Gasteiger partial charge < -0.3 is 28.7 Å². The third-order valence-electron chi connectivity index (χ3n) is 7.22. The molecule has 0 saturated carbocycles. The van der Waals surface area contributed by atoms with Crippen LogP contribution in [-0.2, 0) is 44.6 Å². The van der Waals surface area contributed by atoms with Crippen LogP contribution in [0.2, 0.25) is 0 Å². The minimum atomic E-state index is -0.898. The quantitative estimate of drug-likeness (QED) is 0.224. The smallest absolute Gasteiger partial charge is 0.329 e. The molecule has 0 spiro atoms. The maximum atomic E-state index is 13.4. The van der Waals surface area contributed by atoms with Crippen molar-refractivity contribution < 1.29 is 43.3 Å². The number of benzene rings is 1. The lowest BCUT2D eigenvalue weighted by Gasteiger charge is -2.29. The Balaban J connectivity index is 1.33. The highest BCUT2D eigenvalue weighted by Gasteiger charge is 2.52. The van der Waals surface area contributed by atoms with E-state index in [1.807, 2.05) is 30.3 Å². The van der Waals surface area contributed by atoms with Gasteiger partial charge in [0.25, 0.3) is 5.09 Å². The average Bonchev–Trinajstić information content (AvgIpc) is 3.65. The van der Waals surface area contributed by atoms with Gasteiger partial charge in [-0.15, -0.1) is 10.1 Å². The van der Waals surface area contributed by atoms with Gasteiger partial charge in [0.1, 0.15) is 24.3 Å². The average molecular weight is 550 g/mol. The minimum absolute atomic E-state index is 0.0138. The summed E-state index contributed by atoms with van der Waals surface area (Å²) < 4.78 is 22.0. The Morgan fingerprint density at radius 1 is 1.15 bits per heavy atom. The van der Waals surface area contributed by atoms with Gasteiger partial charge >= 0.3 is 11.9 Å². The Morgan fingerprint density at radius 2 is 1.85 bits per heavy atom. The van der Waals surface area contributed by atoms with Crippen molar-refractivity contribution in [2.24, 2.45) is 0 Å². The Labute approximate surface area is 226 Å². The van der Waals surface area contributed by atoms with Gasteiger partial charge in [-0.3, -0.25) is 14.9 Å². The van der Waals surface area contributed by atoms with E-state index in [0.717, 1.165) is 5.56 Å². The number of aryl methyl sites for hydroxylation is 1. The Bertz CT molecular complexity index is 1020. The number of fused-ring (bicyclic) bond motifs is 1. The van der Waals surface area contributed by atoms with Crippen LogP contribution in [0.5, 0.6) is 0 Å². The van der Waals surface area contributed by atoms with E-state index in [-0.39, 0.29) is 25.7 Å². The number of esters is 2. The van der Waals surface area contributed by atoms with E-state index in [9.17, 15) is 24.5 Å². The third-order valence-corrected chi connectivity index (χ3v) is 7.22. The zero-order valence-electron chi connectivity index (χ0n) is 22.1. The number of rotatable bonds is 12. The van der Waals surface area contributed by atoms with E-state index >= 15 is 0 Å². The molecule has 3 heterocycles. The molecule has 4 unspecified atom stereocenters. The number of hydrogen-bond acceptors (Lipinski definition) is 11. The lowest BCUT2D eigenvalue weighted by Crippen LogP contribution is -2.54. The molecule has 0 bridgehead atoms. The maximum absolute atomic E-state index is 13.4. The molecule has 1 aromatic carbocycles. The first-order chi connectivity index (χ1) is 18.8. The van der Waals surface area contributed by atoms with Gasteiger partial charge in [0.15, 0.2) is 12.2 Å². The van der Waals surface area contributed by atoms with E-state index in [4.69, 9.17) is 18.9 Å². The van der Waals surface area contributed by atoms with Crippen molar-refractivity contribution in [3.8, 4) is 0 Å². The molecule has 3 saturated heterocycles. The van der Waals surface area contributed by atoms with Crippen molar-refractivity contribution in [1.82, 2.24) is 10.2 Å². The van der Waals surface area contributed by atoms with Crippen LogP contribution in [0.15, 0.2) is 30.3 Å². The second-order valence-electron chi connectivity index (χ2n) is 9.85. The molecule has 0 aromatic heterocycles. The predicted octanol–water partition coefficient (Wildman–Crippen LogP) is 0.806. The fraction of sp³-hybridized carbons (Fsp3) is 0.654. The minimum Gasteiger partial charge on any atom is -0.465 e. The Kier molecular flexibility index (Phi) is 9.70. The molecule has 1 aromatic rings.